The second-order valence-electron chi connectivity index (χ2n) is 13.7. The molecule has 0 aromatic heterocycles. The number of epoxide rings is 1. The van der Waals surface area contributed by atoms with E-state index < -0.39 is 65.7 Å². The first-order chi connectivity index (χ1) is 23.5. The van der Waals surface area contributed by atoms with Gasteiger partial charge in [-0.25, -0.2) is 9.59 Å². The molecule has 276 valence electrons. The Morgan fingerprint density at radius 2 is 1.96 bits per heavy atom. The topological polar surface area (TPSA) is 156 Å². The second kappa shape index (κ2) is 15.7. The summed E-state index contributed by atoms with van der Waals surface area (Å²) < 4.78 is 29.1. The summed E-state index contributed by atoms with van der Waals surface area (Å²) >= 11 is 6.74. The predicted molar refractivity (Wildman–Crippen MR) is 186 cm³/mol. The number of carbonyl (C=O) groups is 4. The molecule has 13 nitrogen and oxygen atoms in total. The maximum Gasteiger partial charge on any atom is 0.409 e. The molecule has 2 saturated heterocycles. The third-order valence-corrected chi connectivity index (χ3v) is 10.4. The first kappa shape index (κ1) is 39.1. The van der Waals surface area contributed by atoms with Gasteiger partial charge in [0.1, 0.15) is 40.7 Å². The third kappa shape index (κ3) is 8.28. The number of benzene rings is 1. The van der Waals surface area contributed by atoms with Crippen LogP contribution in [0.25, 0.3) is 0 Å². The highest BCUT2D eigenvalue weighted by atomic mass is 35.5. The molecule has 0 unspecified atom stereocenters. The highest BCUT2D eigenvalue weighted by Gasteiger charge is 2.64. The number of hydrogen-bond donors (Lipinski definition) is 2. The number of anilines is 1. The van der Waals surface area contributed by atoms with Crippen molar-refractivity contribution in [1.29, 1.82) is 0 Å². The summed E-state index contributed by atoms with van der Waals surface area (Å²) in [4.78, 5) is 55.7. The van der Waals surface area contributed by atoms with E-state index in [0.29, 0.717) is 24.3 Å². The van der Waals surface area contributed by atoms with Crippen molar-refractivity contribution in [3.8, 4) is 5.75 Å². The minimum Gasteiger partial charge on any atom is -0.495 e. The van der Waals surface area contributed by atoms with Crippen LogP contribution in [0.3, 0.4) is 0 Å². The van der Waals surface area contributed by atoms with Gasteiger partial charge >= 0.3 is 12.1 Å². The number of aliphatic hydroxyl groups is 1. The van der Waals surface area contributed by atoms with Crippen molar-refractivity contribution in [2.75, 3.05) is 33.2 Å². The monoisotopic (exact) mass is 719 g/mol. The van der Waals surface area contributed by atoms with Crippen molar-refractivity contribution in [3.05, 3.63) is 46.5 Å². The largest absolute Gasteiger partial charge is 0.495 e. The molecule has 8 atom stereocenters. The number of rotatable bonds is 7. The van der Waals surface area contributed by atoms with Crippen LogP contribution < -0.4 is 15.0 Å². The Bertz CT molecular complexity index is 1530. The van der Waals surface area contributed by atoms with Crippen LogP contribution in [0.15, 0.2) is 35.9 Å². The standard InChI is InChI=1S/C36H50ClN3O10/c1-10-12-29(41)39(6)22(4)33(43)49-28-18-30(42)40(7)24-16-23(17-25(46-8)31(24)37)15-20(2)13-11-14-27(47-9)36(45)19-26(48-34(44)38-36)21(3)32-35(28,5)50-32/h11,13-14,16-17,21-22,26-28,32,45H,10,12,15,18-19H2,1-9H3,(H,38,44)/b14-11+,20-13+/t21-,22-,26+,27-,28+,32+,35+,36+/m1/s1. The Labute approximate surface area is 298 Å². The first-order valence-corrected chi connectivity index (χ1v) is 17.2. The SMILES string of the molecule is CCCC(=O)N(C)[C@H](C)C(=O)O[C@H]1CC(=O)N(C)c2cc(cc(OC)c2Cl)C/C(C)=C/C=C/[C@@H](OC)[C@@]2(O)C[C@H](OC(=O)N2)[C@@H](C)[C@@H]2O[C@@]12C. The van der Waals surface area contributed by atoms with Crippen LogP contribution in [0.4, 0.5) is 10.5 Å². The summed E-state index contributed by atoms with van der Waals surface area (Å²) in [6.07, 6.45) is 1.91. The fourth-order valence-electron chi connectivity index (χ4n) is 6.61. The molecule has 0 saturated carbocycles. The summed E-state index contributed by atoms with van der Waals surface area (Å²) in [5, 5.41) is 14.4. The van der Waals surface area contributed by atoms with E-state index in [9.17, 15) is 24.3 Å². The molecule has 4 rings (SSSR count). The Morgan fingerprint density at radius 3 is 2.60 bits per heavy atom. The molecule has 4 bridgehead atoms. The zero-order chi connectivity index (χ0) is 37.1. The lowest BCUT2D eigenvalue weighted by Crippen LogP contribution is -2.63. The zero-order valence-electron chi connectivity index (χ0n) is 30.3. The quantitative estimate of drug-likeness (QED) is 0.308. The van der Waals surface area contributed by atoms with Crippen LogP contribution in [-0.4, -0.2) is 104 Å². The van der Waals surface area contributed by atoms with E-state index in [-0.39, 0.29) is 30.2 Å². The average molecular weight is 720 g/mol. The molecule has 3 aliphatic heterocycles. The van der Waals surface area contributed by atoms with Crippen LogP contribution >= 0.6 is 11.6 Å². The molecule has 3 amide bonds. The minimum atomic E-state index is -1.82. The van der Waals surface area contributed by atoms with E-state index in [1.807, 2.05) is 19.9 Å². The minimum absolute atomic E-state index is 0.0426. The van der Waals surface area contributed by atoms with Crippen molar-refractivity contribution in [3.63, 3.8) is 0 Å². The average Bonchev–Trinajstić information content (AvgIpc) is 3.76. The number of fused-ring (bicyclic) bond motifs is 5. The number of halogens is 1. The molecule has 50 heavy (non-hydrogen) atoms. The number of esters is 1. The maximum absolute atomic E-state index is 14.0. The number of hydrogen-bond acceptors (Lipinski definition) is 10. The van der Waals surface area contributed by atoms with Gasteiger partial charge < -0.3 is 38.6 Å². The number of allylic oxidation sites excluding steroid dienone is 3. The van der Waals surface area contributed by atoms with E-state index in [2.05, 4.69) is 5.32 Å². The predicted octanol–water partition coefficient (Wildman–Crippen LogP) is 4.31. The molecule has 14 heteroatoms. The molecule has 3 heterocycles. The number of nitrogens with one attached hydrogen (secondary N) is 1. The molecule has 0 aliphatic carbocycles. The summed E-state index contributed by atoms with van der Waals surface area (Å²) in [7, 11) is 6.03. The number of ether oxygens (including phenoxy) is 5. The Morgan fingerprint density at radius 1 is 1.26 bits per heavy atom. The van der Waals surface area contributed by atoms with Gasteiger partial charge in [-0.2, -0.15) is 0 Å². The summed E-state index contributed by atoms with van der Waals surface area (Å²) in [5.74, 6) is -1.49. The highest BCUT2D eigenvalue weighted by Crippen LogP contribution is 2.49. The van der Waals surface area contributed by atoms with Crippen molar-refractivity contribution >= 4 is 41.2 Å². The van der Waals surface area contributed by atoms with Crippen LogP contribution in [0.1, 0.15) is 65.9 Å². The molecule has 0 radical (unpaired) electrons. The summed E-state index contributed by atoms with van der Waals surface area (Å²) in [6.45, 7) is 8.88. The fourth-order valence-corrected chi connectivity index (χ4v) is 6.92. The maximum atomic E-state index is 14.0. The number of likely N-dealkylation sites (N-methyl/N-ethyl adjacent to an activating group) is 1. The van der Waals surface area contributed by atoms with Gasteiger partial charge in [-0.15, -0.1) is 0 Å². The van der Waals surface area contributed by atoms with Crippen LogP contribution in [0.5, 0.6) is 5.75 Å². The number of amides is 3. The lowest BCUT2D eigenvalue weighted by atomic mass is 9.83. The van der Waals surface area contributed by atoms with Crippen molar-refractivity contribution < 1.29 is 48.0 Å². The molecule has 2 N–H and O–H groups in total. The number of methoxy groups -OCH3 is 2. The second-order valence-corrected chi connectivity index (χ2v) is 14.0. The first-order valence-electron chi connectivity index (χ1n) is 16.8. The number of nitrogens with zero attached hydrogens (tertiary/aromatic N) is 2. The van der Waals surface area contributed by atoms with E-state index in [1.54, 1.807) is 52.1 Å². The molecule has 0 spiro atoms. The molecule has 1 aromatic carbocycles. The van der Waals surface area contributed by atoms with Crippen molar-refractivity contribution in [2.24, 2.45) is 5.92 Å². The Hall–Kier alpha value is -3.65. The van der Waals surface area contributed by atoms with Gasteiger partial charge in [0.15, 0.2) is 5.72 Å². The van der Waals surface area contributed by atoms with Gasteiger partial charge in [0.25, 0.3) is 0 Å². The smallest absolute Gasteiger partial charge is 0.409 e. The molecular weight excluding hydrogens is 670 g/mol. The van der Waals surface area contributed by atoms with Crippen LogP contribution in [-0.2, 0) is 39.8 Å². The van der Waals surface area contributed by atoms with Gasteiger partial charge in [-0.1, -0.05) is 49.2 Å². The zero-order valence-corrected chi connectivity index (χ0v) is 31.0. The van der Waals surface area contributed by atoms with Crippen molar-refractivity contribution in [1.82, 2.24) is 10.2 Å². The van der Waals surface area contributed by atoms with Gasteiger partial charge in [-0.05, 0) is 51.3 Å². The van der Waals surface area contributed by atoms with Gasteiger partial charge in [0, 0.05) is 40.0 Å². The summed E-state index contributed by atoms with van der Waals surface area (Å²) in [6, 6.07) is 2.65. The normalized spacial score (nSPS) is 32.3. The van der Waals surface area contributed by atoms with Gasteiger partial charge in [0.2, 0.25) is 11.8 Å². The van der Waals surface area contributed by atoms with E-state index in [1.165, 1.54) is 31.1 Å². The molecule has 2 fully saturated rings. The summed E-state index contributed by atoms with van der Waals surface area (Å²) in [5.41, 5.74) is -0.868. The van der Waals surface area contributed by atoms with Crippen LogP contribution in [0.2, 0.25) is 5.02 Å². The van der Waals surface area contributed by atoms with Gasteiger partial charge in [0.05, 0.1) is 25.3 Å². The van der Waals surface area contributed by atoms with E-state index in [4.69, 9.17) is 35.3 Å². The fraction of sp³-hybridized carbons (Fsp3) is 0.611. The van der Waals surface area contributed by atoms with E-state index in [0.717, 1.165) is 11.1 Å². The number of carbonyl (C=O) groups excluding carboxylic acids is 4. The molecule has 1 aromatic rings. The molecule has 3 aliphatic rings. The molecular formula is C36H50ClN3O10. The van der Waals surface area contributed by atoms with E-state index >= 15 is 0 Å². The lowest BCUT2D eigenvalue weighted by Gasteiger charge is -2.42. The lowest BCUT2D eigenvalue weighted by molar-refractivity contribution is -0.162. The Balaban J connectivity index is 1.78. The number of alkyl carbamates (subject to hydrolysis) is 1. The highest BCUT2D eigenvalue weighted by molar-refractivity contribution is 6.35. The van der Waals surface area contributed by atoms with Gasteiger partial charge in [-0.3, -0.25) is 14.9 Å². The van der Waals surface area contributed by atoms with Crippen molar-refractivity contribution in [2.45, 2.75) is 109 Å². The Kier molecular flexibility index (Phi) is 12.3. The third-order valence-electron chi connectivity index (χ3n) is 9.99. The van der Waals surface area contributed by atoms with Crippen LogP contribution in [0, 0.1) is 5.92 Å².